The van der Waals surface area contributed by atoms with Crippen molar-refractivity contribution in [3.63, 3.8) is 0 Å². The van der Waals surface area contributed by atoms with E-state index in [4.69, 9.17) is 0 Å². The third kappa shape index (κ3) is 2.66. The number of fused-ring (bicyclic) bond motifs is 1. The van der Waals surface area contributed by atoms with Gasteiger partial charge in [0.25, 0.3) is 0 Å². The van der Waals surface area contributed by atoms with Crippen molar-refractivity contribution in [3.8, 4) is 0 Å². The van der Waals surface area contributed by atoms with Crippen LogP contribution in [0.4, 0.5) is 5.69 Å². The van der Waals surface area contributed by atoms with E-state index in [0.29, 0.717) is 12.6 Å². The molecule has 98 valence electrons. The fraction of sp³-hybridized carbons (Fsp3) is 0.533. The smallest absolute Gasteiger partial charge is 0.217 e. The number of anilines is 1. The molecule has 1 aliphatic rings. The number of rotatable bonds is 2. The molecule has 0 saturated carbocycles. The molecular formula is C15H22N2O. The zero-order valence-electron chi connectivity index (χ0n) is 11.6. The number of hydrogen-bond acceptors (Lipinski definition) is 2. The molecule has 18 heavy (non-hydrogen) atoms. The predicted molar refractivity (Wildman–Crippen MR) is 74.7 cm³/mol. The van der Waals surface area contributed by atoms with Crippen LogP contribution < -0.4 is 10.6 Å². The second-order valence-electron chi connectivity index (χ2n) is 5.92. The molecule has 1 heterocycles. The molecule has 1 aromatic carbocycles. The zero-order chi connectivity index (χ0) is 13.3. The van der Waals surface area contributed by atoms with Crippen LogP contribution in [-0.2, 0) is 16.8 Å². The Hall–Kier alpha value is -1.51. The van der Waals surface area contributed by atoms with Gasteiger partial charge >= 0.3 is 0 Å². The third-order valence-corrected chi connectivity index (χ3v) is 3.57. The summed E-state index contributed by atoms with van der Waals surface area (Å²) in [6.45, 7) is 8.93. The topological polar surface area (TPSA) is 41.1 Å². The van der Waals surface area contributed by atoms with E-state index in [-0.39, 0.29) is 11.3 Å². The summed E-state index contributed by atoms with van der Waals surface area (Å²) in [7, 11) is 0. The van der Waals surface area contributed by atoms with Crippen molar-refractivity contribution in [2.75, 3.05) is 5.32 Å². The summed E-state index contributed by atoms with van der Waals surface area (Å²) in [4.78, 5) is 10.9. The highest BCUT2D eigenvalue weighted by Crippen LogP contribution is 2.39. The second kappa shape index (κ2) is 4.63. The number of hydrogen-bond donors (Lipinski definition) is 2. The number of carbonyl (C=O) groups is 1. The molecule has 0 aliphatic carbocycles. The maximum atomic E-state index is 10.9. The Labute approximate surface area is 109 Å². The van der Waals surface area contributed by atoms with Crippen molar-refractivity contribution in [3.05, 3.63) is 29.3 Å². The quantitative estimate of drug-likeness (QED) is 0.842. The van der Waals surface area contributed by atoms with Crippen molar-refractivity contribution in [2.24, 2.45) is 0 Å². The average molecular weight is 246 g/mol. The molecule has 2 N–H and O–H groups in total. The van der Waals surface area contributed by atoms with Crippen LogP contribution in [0.2, 0.25) is 0 Å². The van der Waals surface area contributed by atoms with Crippen LogP contribution in [0.5, 0.6) is 0 Å². The molecule has 1 amide bonds. The lowest BCUT2D eigenvalue weighted by molar-refractivity contribution is -0.119. The number of nitrogens with one attached hydrogen (secondary N) is 2. The summed E-state index contributed by atoms with van der Waals surface area (Å²) < 4.78 is 0. The first-order valence-corrected chi connectivity index (χ1v) is 6.53. The Morgan fingerprint density at radius 3 is 2.89 bits per heavy atom. The summed E-state index contributed by atoms with van der Waals surface area (Å²) in [6.07, 6.45) is 1.14. The maximum absolute atomic E-state index is 10.9. The minimum atomic E-state index is 0.00868. The van der Waals surface area contributed by atoms with Gasteiger partial charge < -0.3 is 10.6 Å². The minimum Gasteiger partial charge on any atom is -0.382 e. The highest BCUT2D eigenvalue weighted by Gasteiger charge is 2.30. The van der Waals surface area contributed by atoms with Crippen LogP contribution in [0.1, 0.15) is 45.2 Å². The first-order valence-electron chi connectivity index (χ1n) is 6.53. The van der Waals surface area contributed by atoms with Crippen molar-refractivity contribution in [2.45, 2.75) is 52.1 Å². The van der Waals surface area contributed by atoms with E-state index >= 15 is 0 Å². The molecule has 1 unspecified atom stereocenters. The first-order chi connectivity index (χ1) is 8.38. The summed E-state index contributed by atoms with van der Waals surface area (Å²) in [6, 6.07) is 6.94. The zero-order valence-corrected chi connectivity index (χ0v) is 11.6. The molecule has 0 fully saturated rings. The van der Waals surface area contributed by atoms with Gasteiger partial charge in [0.1, 0.15) is 0 Å². The highest BCUT2D eigenvalue weighted by molar-refractivity contribution is 5.72. The molecule has 0 spiro atoms. The summed E-state index contributed by atoms with van der Waals surface area (Å²) in [5.41, 5.74) is 3.93. The Kier molecular flexibility index (Phi) is 3.33. The van der Waals surface area contributed by atoms with Gasteiger partial charge in [-0.25, -0.2) is 0 Å². The molecule has 0 bridgehead atoms. The van der Waals surface area contributed by atoms with Crippen LogP contribution in [0.25, 0.3) is 0 Å². The van der Waals surface area contributed by atoms with Gasteiger partial charge in [-0.3, -0.25) is 4.79 Å². The van der Waals surface area contributed by atoms with Crippen molar-refractivity contribution in [1.82, 2.24) is 5.32 Å². The van der Waals surface area contributed by atoms with E-state index in [9.17, 15) is 4.79 Å². The SMILES string of the molecule is CC(=O)NCc1ccc2c(c1)NC(C)CC2(C)C. The maximum Gasteiger partial charge on any atom is 0.217 e. The third-order valence-electron chi connectivity index (χ3n) is 3.57. The van der Waals surface area contributed by atoms with Gasteiger partial charge in [-0.05, 0) is 36.0 Å². The normalized spacial score (nSPS) is 20.8. The van der Waals surface area contributed by atoms with Crippen molar-refractivity contribution in [1.29, 1.82) is 0 Å². The second-order valence-corrected chi connectivity index (χ2v) is 5.92. The molecule has 3 nitrogen and oxygen atoms in total. The lowest BCUT2D eigenvalue weighted by Crippen LogP contribution is -2.34. The fourth-order valence-electron chi connectivity index (χ4n) is 2.83. The summed E-state index contributed by atoms with van der Waals surface area (Å²) in [5, 5.41) is 6.36. The fourth-order valence-corrected chi connectivity index (χ4v) is 2.83. The molecule has 0 aromatic heterocycles. The molecule has 0 radical (unpaired) electrons. The van der Waals surface area contributed by atoms with Gasteiger partial charge in [0.15, 0.2) is 0 Å². The van der Waals surface area contributed by atoms with Crippen molar-refractivity contribution < 1.29 is 4.79 Å². The van der Waals surface area contributed by atoms with Gasteiger partial charge in [0.05, 0.1) is 0 Å². The summed E-state index contributed by atoms with van der Waals surface area (Å²) >= 11 is 0. The van der Waals surface area contributed by atoms with E-state index < -0.39 is 0 Å². The van der Waals surface area contributed by atoms with E-state index in [1.54, 1.807) is 6.92 Å². The predicted octanol–water partition coefficient (Wildman–Crippen LogP) is 2.80. The van der Waals surface area contributed by atoms with Crippen LogP contribution >= 0.6 is 0 Å². The van der Waals surface area contributed by atoms with Gasteiger partial charge in [-0.1, -0.05) is 26.0 Å². The van der Waals surface area contributed by atoms with Gasteiger partial charge in [-0.15, -0.1) is 0 Å². The minimum absolute atomic E-state index is 0.00868. The Morgan fingerprint density at radius 2 is 2.22 bits per heavy atom. The van der Waals surface area contributed by atoms with Crippen LogP contribution in [0.15, 0.2) is 18.2 Å². The standard InChI is InChI=1S/C15H22N2O/c1-10-8-15(3,4)13-6-5-12(7-14(13)17-10)9-16-11(2)18/h5-7,10,17H,8-9H2,1-4H3,(H,16,18). The number of amides is 1. The van der Waals surface area contributed by atoms with Crippen LogP contribution in [0.3, 0.4) is 0 Å². The Bertz CT molecular complexity index is 466. The Morgan fingerprint density at radius 1 is 1.50 bits per heavy atom. The largest absolute Gasteiger partial charge is 0.382 e. The molecular weight excluding hydrogens is 224 g/mol. The van der Waals surface area contributed by atoms with Gasteiger partial charge in [0.2, 0.25) is 5.91 Å². The monoisotopic (exact) mass is 246 g/mol. The average Bonchev–Trinajstić information content (AvgIpc) is 2.24. The molecule has 1 atom stereocenters. The van der Waals surface area contributed by atoms with E-state index in [0.717, 1.165) is 12.0 Å². The van der Waals surface area contributed by atoms with E-state index in [2.05, 4.69) is 49.6 Å². The van der Waals surface area contributed by atoms with E-state index in [1.165, 1.54) is 11.3 Å². The molecule has 2 rings (SSSR count). The van der Waals surface area contributed by atoms with Crippen LogP contribution in [0, 0.1) is 0 Å². The first kappa shape index (κ1) is 12.9. The number of carbonyl (C=O) groups excluding carboxylic acids is 1. The van der Waals surface area contributed by atoms with Crippen molar-refractivity contribution >= 4 is 11.6 Å². The molecule has 3 heteroatoms. The lowest BCUT2D eigenvalue weighted by atomic mass is 9.75. The van der Waals surface area contributed by atoms with E-state index in [1.807, 2.05) is 0 Å². The molecule has 1 aromatic rings. The molecule has 1 aliphatic heterocycles. The van der Waals surface area contributed by atoms with Gasteiger partial charge in [-0.2, -0.15) is 0 Å². The number of benzene rings is 1. The summed E-state index contributed by atoms with van der Waals surface area (Å²) in [5.74, 6) is 0.00868. The van der Waals surface area contributed by atoms with Gasteiger partial charge in [0, 0.05) is 25.2 Å². The lowest BCUT2D eigenvalue weighted by Gasteiger charge is -2.37. The highest BCUT2D eigenvalue weighted by atomic mass is 16.1. The molecule has 0 saturated heterocycles. The Balaban J connectivity index is 2.26. The van der Waals surface area contributed by atoms with Crippen LogP contribution in [-0.4, -0.2) is 11.9 Å².